The number of hydrogen-bond acceptors (Lipinski definition) is 4. The zero-order valence-electron chi connectivity index (χ0n) is 9.14. The molecule has 0 saturated heterocycles. The van der Waals surface area contributed by atoms with Gasteiger partial charge in [0.15, 0.2) is 0 Å². The van der Waals surface area contributed by atoms with Crippen LogP contribution in [-0.2, 0) is 13.2 Å². The van der Waals surface area contributed by atoms with Crippen LogP contribution in [0.2, 0.25) is 0 Å². The van der Waals surface area contributed by atoms with Gasteiger partial charge in [0.25, 0.3) is 0 Å². The molecule has 0 aliphatic carbocycles. The van der Waals surface area contributed by atoms with Gasteiger partial charge in [-0.3, -0.25) is 0 Å². The van der Waals surface area contributed by atoms with E-state index in [0.717, 1.165) is 21.2 Å². The van der Waals surface area contributed by atoms with Crippen molar-refractivity contribution in [2.45, 2.75) is 20.1 Å². The minimum atomic E-state index is 0.498. The Kier molecular flexibility index (Phi) is 3.54. The quantitative estimate of drug-likeness (QED) is 0.884. The summed E-state index contributed by atoms with van der Waals surface area (Å²) < 4.78 is 5.72. The number of benzene rings is 1. The molecule has 0 amide bonds. The second-order valence-electron chi connectivity index (χ2n) is 3.45. The summed E-state index contributed by atoms with van der Waals surface area (Å²) in [5, 5.41) is 1.06. The zero-order chi connectivity index (χ0) is 11.4. The summed E-state index contributed by atoms with van der Waals surface area (Å²) in [6.45, 7) is 3.04. The van der Waals surface area contributed by atoms with Crippen LogP contribution < -0.4 is 10.5 Å². The zero-order valence-corrected chi connectivity index (χ0v) is 9.96. The molecule has 2 rings (SSSR count). The second-order valence-corrected chi connectivity index (χ2v) is 4.77. The molecule has 2 aromatic rings. The van der Waals surface area contributed by atoms with Gasteiger partial charge in [-0.25, -0.2) is 4.98 Å². The predicted molar refractivity (Wildman–Crippen MR) is 65.5 cm³/mol. The van der Waals surface area contributed by atoms with Crippen LogP contribution in [0.15, 0.2) is 30.5 Å². The van der Waals surface area contributed by atoms with Crippen molar-refractivity contribution < 1.29 is 4.74 Å². The van der Waals surface area contributed by atoms with Crippen LogP contribution in [-0.4, -0.2) is 4.98 Å². The van der Waals surface area contributed by atoms with Crippen LogP contribution in [0.5, 0.6) is 5.75 Å². The van der Waals surface area contributed by atoms with E-state index in [-0.39, 0.29) is 0 Å². The van der Waals surface area contributed by atoms with E-state index >= 15 is 0 Å². The first kappa shape index (κ1) is 11.1. The van der Waals surface area contributed by atoms with Gasteiger partial charge in [-0.1, -0.05) is 18.2 Å². The average Bonchev–Trinajstić information content (AvgIpc) is 2.73. The number of para-hydroxylation sites is 1. The van der Waals surface area contributed by atoms with Gasteiger partial charge in [0, 0.05) is 18.3 Å². The summed E-state index contributed by atoms with van der Waals surface area (Å²) in [6.07, 6.45) is 1.85. The van der Waals surface area contributed by atoms with Crippen LogP contribution in [0.4, 0.5) is 0 Å². The molecule has 0 aliphatic rings. The lowest BCUT2D eigenvalue weighted by molar-refractivity contribution is 0.306. The smallest absolute Gasteiger partial charge is 0.124 e. The van der Waals surface area contributed by atoms with Crippen molar-refractivity contribution in [3.05, 3.63) is 45.9 Å². The molecule has 0 atom stereocenters. The second kappa shape index (κ2) is 5.09. The molecule has 4 heteroatoms. The minimum Gasteiger partial charge on any atom is -0.488 e. The van der Waals surface area contributed by atoms with Crippen LogP contribution >= 0.6 is 11.3 Å². The summed E-state index contributed by atoms with van der Waals surface area (Å²) in [6, 6.07) is 7.83. The third-order valence-corrected chi connectivity index (χ3v) is 3.12. The van der Waals surface area contributed by atoms with Gasteiger partial charge < -0.3 is 10.5 Å². The Hall–Kier alpha value is -1.39. The lowest BCUT2D eigenvalue weighted by Crippen LogP contribution is -2.01. The number of thiazole rings is 1. The SMILES string of the molecule is Cc1ncc(COc2ccccc2CN)s1. The highest BCUT2D eigenvalue weighted by Gasteiger charge is 2.03. The Bertz CT molecular complexity index is 468. The van der Waals surface area contributed by atoms with Gasteiger partial charge in [-0.2, -0.15) is 0 Å². The fourth-order valence-corrected chi connectivity index (χ4v) is 2.14. The monoisotopic (exact) mass is 234 g/mol. The van der Waals surface area contributed by atoms with Gasteiger partial charge in [0.1, 0.15) is 12.4 Å². The molecule has 3 nitrogen and oxygen atoms in total. The number of rotatable bonds is 4. The molecule has 84 valence electrons. The van der Waals surface area contributed by atoms with Crippen LogP contribution in [0.25, 0.3) is 0 Å². The molecule has 0 bridgehead atoms. The fraction of sp³-hybridized carbons (Fsp3) is 0.250. The van der Waals surface area contributed by atoms with Crippen molar-refractivity contribution in [2.75, 3.05) is 0 Å². The van der Waals surface area contributed by atoms with Gasteiger partial charge in [-0.05, 0) is 13.0 Å². The number of ether oxygens (including phenoxy) is 1. The molecular formula is C12H14N2OS. The maximum atomic E-state index is 5.72. The maximum absolute atomic E-state index is 5.72. The van der Waals surface area contributed by atoms with Crippen molar-refractivity contribution in [1.82, 2.24) is 4.98 Å². The highest BCUT2D eigenvalue weighted by atomic mass is 32.1. The van der Waals surface area contributed by atoms with Gasteiger partial charge in [0.05, 0.1) is 9.88 Å². The molecule has 1 heterocycles. The molecule has 0 unspecified atom stereocenters. The topological polar surface area (TPSA) is 48.1 Å². The number of nitrogens with zero attached hydrogens (tertiary/aromatic N) is 1. The maximum Gasteiger partial charge on any atom is 0.124 e. The van der Waals surface area contributed by atoms with E-state index < -0.39 is 0 Å². The van der Waals surface area contributed by atoms with E-state index in [9.17, 15) is 0 Å². The molecule has 0 radical (unpaired) electrons. The first-order chi connectivity index (χ1) is 7.79. The van der Waals surface area contributed by atoms with Gasteiger partial charge in [-0.15, -0.1) is 11.3 Å². The van der Waals surface area contributed by atoms with Crippen LogP contribution in [0.1, 0.15) is 15.4 Å². The molecule has 16 heavy (non-hydrogen) atoms. The fourth-order valence-electron chi connectivity index (χ4n) is 1.43. The first-order valence-corrected chi connectivity index (χ1v) is 5.93. The Morgan fingerprint density at radius 2 is 2.19 bits per heavy atom. The van der Waals surface area contributed by atoms with Crippen molar-refractivity contribution in [3.63, 3.8) is 0 Å². The molecule has 0 aliphatic heterocycles. The summed E-state index contributed by atoms with van der Waals surface area (Å²) in [4.78, 5) is 5.31. The average molecular weight is 234 g/mol. The number of aromatic nitrogens is 1. The normalized spacial score (nSPS) is 10.4. The van der Waals surface area contributed by atoms with Crippen molar-refractivity contribution >= 4 is 11.3 Å². The van der Waals surface area contributed by atoms with Crippen LogP contribution in [0.3, 0.4) is 0 Å². The van der Waals surface area contributed by atoms with Crippen molar-refractivity contribution in [1.29, 1.82) is 0 Å². The third kappa shape index (κ3) is 2.59. The summed E-state index contributed by atoms with van der Waals surface area (Å²) in [5.74, 6) is 0.857. The molecule has 1 aromatic carbocycles. The first-order valence-electron chi connectivity index (χ1n) is 5.11. The third-order valence-electron chi connectivity index (χ3n) is 2.23. The van der Waals surface area contributed by atoms with E-state index in [2.05, 4.69) is 4.98 Å². The Morgan fingerprint density at radius 3 is 2.88 bits per heavy atom. The Labute approximate surface area is 98.9 Å². The van der Waals surface area contributed by atoms with Gasteiger partial charge in [0.2, 0.25) is 0 Å². The van der Waals surface area contributed by atoms with E-state index in [1.807, 2.05) is 37.4 Å². The van der Waals surface area contributed by atoms with E-state index in [1.54, 1.807) is 11.3 Å². The molecule has 0 spiro atoms. The van der Waals surface area contributed by atoms with Crippen LogP contribution in [0, 0.1) is 6.92 Å². The molecule has 2 N–H and O–H groups in total. The predicted octanol–water partition coefficient (Wildman–Crippen LogP) is 2.49. The van der Waals surface area contributed by atoms with E-state index in [0.29, 0.717) is 13.2 Å². The van der Waals surface area contributed by atoms with E-state index in [1.165, 1.54) is 0 Å². The van der Waals surface area contributed by atoms with E-state index in [4.69, 9.17) is 10.5 Å². The largest absolute Gasteiger partial charge is 0.488 e. The summed E-state index contributed by atoms with van der Waals surface area (Å²) >= 11 is 1.65. The minimum absolute atomic E-state index is 0.498. The number of nitrogens with two attached hydrogens (primary N) is 1. The summed E-state index contributed by atoms with van der Waals surface area (Å²) in [5.41, 5.74) is 6.67. The van der Waals surface area contributed by atoms with Crippen molar-refractivity contribution in [3.8, 4) is 5.75 Å². The lowest BCUT2D eigenvalue weighted by atomic mass is 10.2. The highest BCUT2D eigenvalue weighted by molar-refractivity contribution is 7.11. The number of aryl methyl sites for hydroxylation is 1. The molecule has 1 aromatic heterocycles. The standard InChI is InChI=1S/C12H14N2OS/c1-9-14-7-11(16-9)8-15-12-5-3-2-4-10(12)6-13/h2-5,7H,6,8,13H2,1H3. The Morgan fingerprint density at radius 1 is 1.38 bits per heavy atom. The molecule has 0 fully saturated rings. The number of hydrogen-bond donors (Lipinski definition) is 1. The highest BCUT2D eigenvalue weighted by Crippen LogP contribution is 2.20. The lowest BCUT2D eigenvalue weighted by Gasteiger charge is -2.08. The summed E-state index contributed by atoms with van der Waals surface area (Å²) in [7, 11) is 0. The van der Waals surface area contributed by atoms with Crippen molar-refractivity contribution in [2.24, 2.45) is 5.73 Å². The van der Waals surface area contributed by atoms with Gasteiger partial charge >= 0.3 is 0 Å². The molecular weight excluding hydrogens is 220 g/mol. The molecule has 0 saturated carbocycles. The Balaban J connectivity index is 2.04.